The number of benzene rings is 1. The Labute approximate surface area is 160 Å². The molecule has 3 heterocycles. The molecule has 3 aromatic heterocycles. The van der Waals surface area contributed by atoms with Crippen molar-refractivity contribution in [3.63, 3.8) is 0 Å². The number of nitrogens with one attached hydrogen (secondary N) is 1. The number of hydrogen-bond acceptors (Lipinski definition) is 6. The summed E-state index contributed by atoms with van der Waals surface area (Å²) in [6, 6.07) is 7.14. The van der Waals surface area contributed by atoms with Gasteiger partial charge in [-0.2, -0.15) is 5.10 Å². The molecule has 1 aromatic carbocycles. The van der Waals surface area contributed by atoms with E-state index in [0.29, 0.717) is 16.7 Å². The van der Waals surface area contributed by atoms with Crippen molar-refractivity contribution in [1.29, 1.82) is 0 Å². The van der Waals surface area contributed by atoms with Gasteiger partial charge in [0.05, 0.1) is 17.1 Å². The third-order valence-electron chi connectivity index (χ3n) is 3.19. The quantitative estimate of drug-likeness (QED) is 0.396. The van der Waals surface area contributed by atoms with Crippen molar-refractivity contribution in [2.45, 2.75) is 0 Å². The van der Waals surface area contributed by atoms with Crippen LogP contribution in [-0.4, -0.2) is 25.1 Å². The average Bonchev–Trinajstić information content (AvgIpc) is 2.98. The number of halogens is 1. The van der Waals surface area contributed by atoms with E-state index in [2.05, 4.69) is 31.5 Å². The summed E-state index contributed by atoms with van der Waals surface area (Å²) in [7, 11) is 0. The Morgan fingerprint density at radius 3 is 2.96 bits per heavy atom. The smallest absolute Gasteiger partial charge is 0.189 e. The van der Waals surface area contributed by atoms with Crippen LogP contribution in [0.1, 0.15) is 0 Å². The van der Waals surface area contributed by atoms with Crippen LogP contribution in [0.25, 0.3) is 21.8 Å². The number of fused-ring (bicyclic) bond motifs is 2. The SMILES string of the molecule is Nc1n[c-]nc2c(Oc3cccc4[nH]ncc34)nc(Cl)cc12.[Y]. The second-order valence-corrected chi connectivity index (χ2v) is 4.93. The second-order valence-electron chi connectivity index (χ2n) is 4.54. The van der Waals surface area contributed by atoms with Crippen LogP contribution in [0.5, 0.6) is 11.6 Å². The van der Waals surface area contributed by atoms with Crippen LogP contribution in [0, 0.1) is 6.33 Å². The fourth-order valence-electron chi connectivity index (χ4n) is 2.18. The molecule has 0 spiro atoms. The summed E-state index contributed by atoms with van der Waals surface area (Å²) < 4.78 is 5.88. The minimum Gasteiger partial charge on any atom is -0.448 e. The van der Waals surface area contributed by atoms with Crippen LogP contribution in [0.4, 0.5) is 5.82 Å². The minimum atomic E-state index is 0. The van der Waals surface area contributed by atoms with Crippen molar-refractivity contribution < 1.29 is 37.4 Å². The molecule has 4 aromatic rings. The van der Waals surface area contributed by atoms with Gasteiger partial charge in [0.2, 0.25) is 0 Å². The van der Waals surface area contributed by atoms with Gasteiger partial charge in [-0.3, -0.25) is 5.10 Å². The number of pyridine rings is 1. The summed E-state index contributed by atoms with van der Waals surface area (Å²) in [5, 5.41) is 8.49. The monoisotopic (exact) mass is 400 g/mol. The molecule has 0 bridgehead atoms. The fraction of sp³-hybridized carbons (Fsp3) is 0. The Bertz CT molecular complexity index is 1010. The molecule has 3 N–H and O–H groups in total. The van der Waals surface area contributed by atoms with Crippen molar-refractivity contribution in [1.82, 2.24) is 25.1 Å². The first kappa shape index (κ1) is 16.0. The van der Waals surface area contributed by atoms with Crippen molar-refractivity contribution in [2.24, 2.45) is 0 Å². The predicted molar refractivity (Wildman–Crippen MR) is 81.8 cm³/mol. The Morgan fingerprint density at radius 1 is 1.22 bits per heavy atom. The number of aromatic amines is 1. The molecule has 23 heavy (non-hydrogen) atoms. The van der Waals surface area contributed by atoms with Crippen LogP contribution in [0.3, 0.4) is 0 Å². The molecule has 0 aliphatic heterocycles. The number of ether oxygens (including phenoxy) is 1. The van der Waals surface area contributed by atoms with Gasteiger partial charge in [-0.1, -0.05) is 23.1 Å². The van der Waals surface area contributed by atoms with E-state index in [1.807, 2.05) is 12.1 Å². The largest absolute Gasteiger partial charge is 0.448 e. The van der Waals surface area contributed by atoms with Crippen molar-refractivity contribution in [2.75, 3.05) is 5.73 Å². The molecule has 0 saturated heterocycles. The normalized spacial score (nSPS) is 10.7. The van der Waals surface area contributed by atoms with Crippen LogP contribution in [0.15, 0.2) is 30.5 Å². The first-order valence-corrected chi connectivity index (χ1v) is 6.70. The zero-order valence-corrected chi connectivity index (χ0v) is 15.2. The summed E-state index contributed by atoms with van der Waals surface area (Å²) in [6.07, 6.45) is 4.15. The zero-order chi connectivity index (χ0) is 15.1. The number of anilines is 1. The average molecular weight is 401 g/mol. The molecule has 4 rings (SSSR count). The molecule has 0 fully saturated rings. The molecule has 111 valence electrons. The van der Waals surface area contributed by atoms with E-state index < -0.39 is 0 Å². The van der Waals surface area contributed by atoms with Gasteiger partial charge in [0.25, 0.3) is 0 Å². The number of nitrogens with two attached hydrogens (primary N) is 1. The fourth-order valence-corrected chi connectivity index (χ4v) is 2.37. The summed E-state index contributed by atoms with van der Waals surface area (Å²) in [5.41, 5.74) is 7.12. The van der Waals surface area contributed by atoms with Crippen LogP contribution < -0.4 is 10.5 Å². The standard InChI is InChI=1S/C14H8ClN6O.Y/c15-11-4-7-12(17-6-18-13(7)16)14(20-11)22-10-3-1-2-9-8(10)5-19-21-9;/h1-5H,(H,19,21)(H2,16,17,18);/q-1;. The first-order valence-electron chi connectivity index (χ1n) is 6.32. The Balaban J connectivity index is 0.00000156. The summed E-state index contributed by atoms with van der Waals surface area (Å²) in [6.45, 7) is 0. The van der Waals surface area contributed by atoms with Gasteiger partial charge >= 0.3 is 0 Å². The molecular weight excluding hydrogens is 393 g/mol. The predicted octanol–water partition coefficient (Wildman–Crippen LogP) is 2.73. The molecular formula is C14H8ClN6OY-. The van der Waals surface area contributed by atoms with E-state index in [-0.39, 0.29) is 49.6 Å². The van der Waals surface area contributed by atoms with Crippen molar-refractivity contribution in [3.8, 4) is 11.6 Å². The van der Waals surface area contributed by atoms with Crippen LogP contribution in [-0.2, 0) is 32.7 Å². The van der Waals surface area contributed by atoms with Crippen molar-refractivity contribution >= 4 is 39.2 Å². The van der Waals surface area contributed by atoms with Gasteiger partial charge in [0.1, 0.15) is 10.9 Å². The molecule has 0 saturated carbocycles. The van der Waals surface area contributed by atoms with E-state index in [1.54, 1.807) is 18.3 Å². The number of aromatic nitrogens is 5. The van der Waals surface area contributed by atoms with Gasteiger partial charge in [-0.25, -0.2) is 4.98 Å². The molecule has 0 aliphatic carbocycles. The van der Waals surface area contributed by atoms with E-state index in [1.165, 1.54) is 0 Å². The Hall–Kier alpha value is -1.83. The number of nitrogens with zero attached hydrogens (tertiary/aromatic N) is 4. The van der Waals surface area contributed by atoms with E-state index in [0.717, 1.165) is 10.9 Å². The van der Waals surface area contributed by atoms with E-state index >= 15 is 0 Å². The van der Waals surface area contributed by atoms with Gasteiger partial charge in [-0.05, 0) is 18.2 Å². The molecule has 0 unspecified atom stereocenters. The zero-order valence-electron chi connectivity index (χ0n) is 11.6. The summed E-state index contributed by atoms with van der Waals surface area (Å²) in [4.78, 5) is 12.1. The number of nitrogen functional groups attached to an aromatic ring is 1. The minimum absolute atomic E-state index is 0. The summed E-state index contributed by atoms with van der Waals surface area (Å²) >= 11 is 6.03. The van der Waals surface area contributed by atoms with E-state index in [4.69, 9.17) is 22.1 Å². The van der Waals surface area contributed by atoms with Crippen molar-refractivity contribution in [3.05, 3.63) is 41.9 Å². The van der Waals surface area contributed by atoms with Gasteiger partial charge in [0, 0.05) is 50.4 Å². The molecule has 0 amide bonds. The van der Waals surface area contributed by atoms with Crippen LogP contribution in [0.2, 0.25) is 5.15 Å². The molecule has 9 heteroatoms. The van der Waals surface area contributed by atoms with Crippen LogP contribution >= 0.6 is 11.6 Å². The van der Waals surface area contributed by atoms with Gasteiger partial charge in [0.15, 0.2) is 5.88 Å². The Morgan fingerprint density at radius 2 is 2.09 bits per heavy atom. The molecule has 0 atom stereocenters. The topological polar surface area (TPSA) is 103 Å². The second kappa shape index (κ2) is 6.35. The molecule has 0 aliphatic rings. The Kier molecular flexibility index (Phi) is 4.43. The number of rotatable bonds is 2. The maximum Gasteiger partial charge on any atom is 0.189 e. The maximum absolute atomic E-state index is 6.03. The third-order valence-corrected chi connectivity index (χ3v) is 3.38. The first-order chi connectivity index (χ1) is 10.7. The van der Waals surface area contributed by atoms with Gasteiger partial charge < -0.3 is 20.4 Å². The third kappa shape index (κ3) is 2.87. The molecule has 7 nitrogen and oxygen atoms in total. The number of hydrogen-bond donors (Lipinski definition) is 2. The maximum atomic E-state index is 6.03. The van der Waals surface area contributed by atoms with Gasteiger partial charge in [-0.15, -0.1) is 0 Å². The molecule has 1 radical (unpaired) electrons. The number of H-pyrrole nitrogens is 1. The summed E-state index contributed by atoms with van der Waals surface area (Å²) in [5.74, 6) is 1.08. The van der Waals surface area contributed by atoms with E-state index in [9.17, 15) is 0 Å².